The third-order valence-corrected chi connectivity index (χ3v) is 5.11. The molecular weight excluding hydrogens is 234 g/mol. The maximum absolute atomic E-state index is 6.03. The van der Waals surface area contributed by atoms with Gasteiger partial charge in [-0.25, -0.2) is 0 Å². The molecule has 0 aromatic carbocycles. The summed E-state index contributed by atoms with van der Waals surface area (Å²) in [6.07, 6.45) is 7.82. The Morgan fingerprint density at radius 2 is 2.00 bits per heavy atom. The number of piperidine rings is 1. The largest absolute Gasteiger partial charge is 0.329 e. The molecule has 0 radical (unpaired) electrons. The van der Waals surface area contributed by atoms with Gasteiger partial charge in [0.15, 0.2) is 0 Å². The number of hydrogen-bond acceptors (Lipinski definition) is 3. The number of rotatable bonds is 8. The standard InChI is InChI=1S/C16H35N3/c1-5-11-19(16(3,6-2)14-17)13-10-15-9-7-8-12-18(15)4/h15H,5-14,17H2,1-4H3. The zero-order chi connectivity index (χ0) is 14.3. The Bertz CT molecular complexity index is 238. The van der Waals surface area contributed by atoms with Gasteiger partial charge in [0.25, 0.3) is 0 Å². The zero-order valence-electron chi connectivity index (χ0n) is 13.6. The Morgan fingerprint density at radius 3 is 2.53 bits per heavy atom. The Labute approximate surface area is 120 Å². The van der Waals surface area contributed by atoms with Crippen molar-refractivity contribution < 1.29 is 0 Å². The Kier molecular flexibility index (Phi) is 7.33. The molecule has 3 heteroatoms. The minimum absolute atomic E-state index is 0.184. The highest BCUT2D eigenvalue weighted by molar-refractivity contribution is 4.87. The highest BCUT2D eigenvalue weighted by Gasteiger charge is 2.29. The third kappa shape index (κ3) is 4.73. The lowest BCUT2D eigenvalue weighted by atomic mass is 9.94. The second kappa shape index (κ2) is 8.23. The van der Waals surface area contributed by atoms with Crippen molar-refractivity contribution >= 4 is 0 Å². The average Bonchev–Trinajstić information content (AvgIpc) is 2.44. The van der Waals surface area contributed by atoms with Gasteiger partial charge in [0, 0.05) is 24.7 Å². The lowest BCUT2D eigenvalue weighted by Gasteiger charge is -2.42. The van der Waals surface area contributed by atoms with E-state index in [1.807, 2.05) is 0 Å². The molecule has 0 spiro atoms. The fourth-order valence-corrected chi connectivity index (χ4v) is 3.23. The summed E-state index contributed by atoms with van der Waals surface area (Å²) in [6.45, 7) is 11.3. The number of nitrogens with two attached hydrogens (primary N) is 1. The van der Waals surface area contributed by atoms with Crippen molar-refractivity contribution in [1.29, 1.82) is 0 Å². The van der Waals surface area contributed by atoms with E-state index in [0.29, 0.717) is 0 Å². The lowest BCUT2D eigenvalue weighted by molar-refractivity contribution is 0.0831. The number of nitrogens with zero attached hydrogens (tertiary/aromatic N) is 2. The van der Waals surface area contributed by atoms with E-state index >= 15 is 0 Å². The summed E-state index contributed by atoms with van der Waals surface area (Å²) in [5.41, 5.74) is 6.22. The van der Waals surface area contributed by atoms with E-state index in [1.165, 1.54) is 51.7 Å². The molecule has 2 atom stereocenters. The van der Waals surface area contributed by atoms with E-state index in [0.717, 1.165) is 19.0 Å². The smallest absolute Gasteiger partial charge is 0.0300 e. The van der Waals surface area contributed by atoms with Crippen LogP contribution in [0.5, 0.6) is 0 Å². The second-order valence-electron chi connectivity index (χ2n) is 6.46. The van der Waals surface area contributed by atoms with E-state index in [-0.39, 0.29) is 5.54 Å². The quantitative estimate of drug-likeness (QED) is 0.735. The van der Waals surface area contributed by atoms with E-state index in [2.05, 4.69) is 37.6 Å². The van der Waals surface area contributed by atoms with Crippen LogP contribution in [-0.2, 0) is 0 Å². The molecule has 114 valence electrons. The van der Waals surface area contributed by atoms with Crippen LogP contribution in [0.3, 0.4) is 0 Å². The summed E-state index contributed by atoms with van der Waals surface area (Å²) in [6, 6.07) is 0.784. The molecule has 1 fully saturated rings. The van der Waals surface area contributed by atoms with Gasteiger partial charge in [0.1, 0.15) is 0 Å². The van der Waals surface area contributed by atoms with Crippen LogP contribution in [-0.4, -0.2) is 54.6 Å². The predicted octanol–water partition coefficient (Wildman–Crippen LogP) is 2.70. The molecule has 0 aliphatic carbocycles. The van der Waals surface area contributed by atoms with Gasteiger partial charge in [0.2, 0.25) is 0 Å². The zero-order valence-corrected chi connectivity index (χ0v) is 13.6. The van der Waals surface area contributed by atoms with Gasteiger partial charge in [-0.15, -0.1) is 0 Å². The third-order valence-electron chi connectivity index (χ3n) is 5.11. The second-order valence-corrected chi connectivity index (χ2v) is 6.46. The highest BCUT2D eigenvalue weighted by Crippen LogP contribution is 2.22. The van der Waals surface area contributed by atoms with Gasteiger partial charge in [-0.2, -0.15) is 0 Å². The molecule has 1 aliphatic heterocycles. The molecule has 2 N–H and O–H groups in total. The number of hydrogen-bond donors (Lipinski definition) is 1. The summed E-state index contributed by atoms with van der Waals surface area (Å²) in [5.74, 6) is 0. The molecular formula is C16H35N3. The topological polar surface area (TPSA) is 32.5 Å². The molecule has 2 unspecified atom stereocenters. The fraction of sp³-hybridized carbons (Fsp3) is 1.00. The monoisotopic (exact) mass is 269 g/mol. The molecule has 0 bridgehead atoms. The molecule has 1 heterocycles. The minimum Gasteiger partial charge on any atom is -0.329 e. The van der Waals surface area contributed by atoms with Crippen molar-refractivity contribution in [3.63, 3.8) is 0 Å². The van der Waals surface area contributed by atoms with Crippen LogP contribution in [0.2, 0.25) is 0 Å². The van der Waals surface area contributed by atoms with Crippen LogP contribution in [0, 0.1) is 0 Å². The van der Waals surface area contributed by atoms with Gasteiger partial charge in [-0.05, 0) is 59.2 Å². The van der Waals surface area contributed by atoms with Gasteiger partial charge in [-0.1, -0.05) is 20.3 Å². The SMILES string of the molecule is CCCN(CCC1CCCCN1C)C(C)(CC)CN. The van der Waals surface area contributed by atoms with Crippen molar-refractivity contribution in [3.8, 4) is 0 Å². The predicted molar refractivity (Wildman–Crippen MR) is 84.5 cm³/mol. The van der Waals surface area contributed by atoms with Crippen LogP contribution in [0.25, 0.3) is 0 Å². The average molecular weight is 269 g/mol. The molecule has 0 aromatic heterocycles. The van der Waals surface area contributed by atoms with Crippen LogP contribution in [0.1, 0.15) is 59.3 Å². The van der Waals surface area contributed by atoms with Gasteiger partial charge >= 0.3 is 0 Å². The van der Waals surface area contributed by atoms with Gasteiger partial charge < -0.3 is 10.6 Å². The lowest BCUT2D eigenvalue weighted by Crippen LogP contribution is -2.53. The maximum Gasteiger partial charge on any atom is 0.0300 e. The van der Waals surface area contributed by atoms with E-state index in [9.17, 15) is 0 Å². The van der Waals surface area contributed by atoms with Crippen molar-refractivity contribution in [2.75, 3.05) is 33.2 Å². The normalized spacial score (nSPS) is 24.6. The first kappa shape index (κ1) is 16.9. The first-order valence-electron chi connectivity index (χ1n) is 8.22. The van der Waals surface area contributed by atoms with Gasteiger partial charge in [0.05, 0.1) is 0 Å². The summed E-state index contributed by atoms with van der Waals surface area (Å²) in [7, 11) is 2.29. The summed E-state index contributed by atoms with van der Waals surface area (Å²) in [5, 5.41) is 0. The van der Waals surface area contributed by atoms with Crippen molar-refractivity contribution in [2.45, 2.75) is 70.9 Å². The summed E-state index contributed by atoms with van der Waals surface area (Å²) >= 11 is 0. The van der Waals surface area contributed by atoms with Crippen molar-refractivity contribution in [2.24, 2.45) is 5.73 Å². The molecule has 19 heavy (non-hydrogen) atoms. The molecule has 1 saturated heterocycles. The molecule has 0 amide bonds. The van der Waals surface area contributed by atoms with Crippen LogP contribution in [0.4, 0.5) is 0 Å². The van der Waals surface area contributed by atoms with Crippen molar-refractivity contribution in [1.82, 2.24) is 9.80 Å². The minimum atomic E-state index is 0.184. The molecule has 3 nitrogen and oxygen atoms in total. The highest BCUT2D eigenvalue weighted by atomic mass is 15.2. The Balaban J connectivity index is 2.53. The fourth-order valence-electron chi connectivity index (χ4n) is 3.23. The van der Waals surface area contributed by atoms with Crippen molar-refractivity contribution in [3.05, 3.63) is 0 Å². The Morgan fingerprint density at radius 1 is 1.26 bits per heavy atom. The van der Waals surface area contributed by atoms with E-state index in [1.54, 1.807) is 0 Å². The Hall–Kier alpha value is -0.120. The van der Waals surface area contributed by atoms with Crippen LogP contribution in [0.15, 0.2) is 0 Å². The van der Waals surface area contributed by atoms with Crippen LogP contribution >= 0.6 is 0 Å². The summed E-state index contributed by atoms with van der Waals surface area (Å²) in [4.78, 5) is 5.19. The first-order valence-corrected chi connectivity index (χ1v) is 8.22. The molecule has 1 aliphatic rings. The molecule has 0 saturated carbocycles. The van der Waals surface area contributed by atoms with Crippen LogP contribution < -0.4 is 5.73 Å². The maximum atomic E-state index is 6.03. The first-order chi connectivity index (χ1) is 9.07. The molecule has 1 rings (SSSR count). The summed E-state index contributed by atoms with van der Waals surface area (Å²) < 4.78 is 0. The number of likely N-dealkylation sites (tertiary alicyclic amines) is 1. The van der Waals surface area contributed by atoms with E-state index in [4.69, 9.17) is 5.73 Å². The van der Waals surface area contributed by atoms with E-state index < -0.39 is 0 Å². The van der Waals surface area contributed by atoms with Gasteiger partial charge in [-0.3, -0.25) is 4.90 Å². The molecule has 0 aromatic rings.